The first kappa shape index (κ1) is 5.80. The van der Waals surface area contributed by atoms with Gasteiger partial charge in [-0.1, -0.05) is 0 Å². The molecule has 0 saturated heterocycles. The number of rotatable bonds is 0. The van der Waals surface area contributed by atoms with Crippen LogP contribution in [0.15, 0.2) is 18.7 Å². The van der Waals surface area contributed by atoms with Crippen molar-refractivity contribution in [3.05, 3.63) is 18.7 Å². The highest BCUT2D eigenvalue weighted by Crippen LogP contribution is 2.11. The molecule has 0 aromatic rings. The maximum Gasteiger partial charge on any atom is 0.189 e. The van der Waals surface area contributed by atoms with Gasteiger partial charge in [0.2, 0.25) is 0 Å². The van der Waals surface area contributed by atoms with Crippen molar-refractivity contribution in [2.24, 2.45) is 0 Å². The Morgan fingerprint density at radius 1 is 1.45 bits per heavy atom. The summed E-state index contributed by atoms with van der Waals surface area (Å²) in [5.74, 6) is 0. The van der Waals surface area contributed by atoms with E-state index >= 15 is 0 Å². The second-order valence-corrected chi connectivity index (χ2v) is 2.00. The molecule has 0 aromatic carbocycles. The molecular weight excluding hydrogens is 142 g/mol. The third-order valence-corrected chi connectivity index (χ3v) is 1.31. The molecule has 2 aliphatic heterocycles. The molecule has 0 spiro atoms. The molecule has 0 bridgehead atoms. The number of aromatic nitrogens is 4. The molecule has 2 aliphatic rings. The lowest BCUT2D eigenvalue weighted by atomic mass is 10.4. The van der Waals surface area contributed by atoms with Gasteiger partial charge in [0.1, 0.15) is 17.7 Å². The van der Waals surface area contributed by atoms with Crippen LogP contribution < -0.4 is 0 Å². The first-order valence-electron chi connectivity index (χ1n) is 2.95. The third-order valence-electron chi connectivity index (χ3n) is 1.31. The monoisotopic (exact) mass is 145 g/mol. The maximum atomic E-state index is 8.46. The van der Waals surface area contributed by atoms with Crippen molar-refractivity contribution in [1.82, 2.24) is 19.7 Å². The van der Waals surface area contributed by atoms with E-state index in [4.69, 9.17) is 5.26 Å². The summed E-state index contributed by atoms with van der Waals surface area (Å²) in [6.45, 7) is 0. The van der Waals surface area contributed by atoms with Crippen molar-refractivity contribution >= 4 is 0 Å². The van der Waals surface area contributed by atoms with E-state index < -0.39 is 0 Å². The molecule has 52 valence electrons. The highest BCUT2D eigenvalue weighted by Gasteiger charge is 2.05. The van der Waals surface area contributed by atoms with Crippen LogP contribution in [0.25, 0.3) is 11.4 Å². The zero-order valence-electron chi connectivity index (χ0n) is 5.47. The van der Waals surface area contributed by atoms with Crippen LogP contribution in [-0.4, -0.2) is 19.7 Å². The van der Waals surface area contributed by atoms with E-state index in [2.05, 4.69) is 15.2 Å². The molecule has 2 heterocycles. The van der Waals surface area contributed by atoms with Crippen molar-refractivity contribution in [2.45, 2.75) is 0 Å². The van der Waals surface area contributed by atoms with Crippen molar-refractivity contribution in [3.63, 3.8) is 0 Å². The topological polar surface area (TPSA) is 67.4 Å². The molecule has 2 rings (SSSR count). The first-order valence-corrected chi connectivity index (χ1v) is 2.95. The summed E-state index contributed by atoms with van der Waals surface area (Å²) in [5.41, 5.74) is 1.34. The van der Waals surface area contributed by atoms with Crippen LogP contribution in [-0.2, 0) is 0 Å². The lowest BCUT2D eigenvalue weighted by Gasteiger charge is -1.94. The summed E-state index contributed by atoms with van der Waals surface area (Å²) >= 11 is 0. The summed E-state index contributed by atoms with van der Waals surface area (Å²) in [7, 11) is 0. The smallest absolute Gasteiger partial charge is 0.189 e. The number of hydrogen-bond donors (Lipinski definition) is 0. The van der Waals surface area contributed by atoms with Crippen molar-refractivity contribution in [3.8, 4) is 17.6 Å². The van der Waals surface area contributed by atoms with Crippen molar-refractivity contribution < 1.29 is 0 Å². The predicted octanol–water partition coefficient (Wildman–Crippen LogP) is 0.107. The number of hydrogen-bond acceptors (Lipinski definition) is 4. The Bertz CT molecular complexity index is 384. The van der Waals surface area contributed by atoms with Gasteiger partial charge in [-0.3, -0.25) is 0 Å². The van der Waals surface area contributed by atoms with Gasteiger partial charge in [0.15, 0.2) is 6.19 Å². The van der Waals surface area contributed by atoms with Gasteiger partial charge in [-0.25, -0.2) is 9.55 Å². The van der Waals surface area contributed by atoms with Crippen LogP contribution in [0.4, 0.5) is 0 Å². The number of nitriles is 1. The van der Waals surface area contributed by atoms with E-state index in [1.54, 1.807) is 12.4 Å². The molecule has 0 unspecified atom stereocenters. The van der Waals surface area contributed by atoms with Crippen LogP contribution in [0.3, 0.4) is 0 Å². The fourth-order valence-electron chi connectivity index (χ4n) is 0.799. The van der Waals surface area contributed by atoms with Gasteiger partial charge in [-0.2, -0.15) is 10.4 Å². The molecule has 11 heavy (non-hydrogen) atoms. The van der Waals surface area contributed by atoms with Crippen LogP contribution in [0, 0.1) is 11.5 Å². The zero-order valence-corrected chi connectivity index (χ0v) is 5.47. The molecule has 0 fully saturated rings. The summed E-state index contributed by atoms with van der Waals surface area (Å²) < 4.78 is 1.27. The van der Waals surface area contributed by atoms with E-state index in [-0.39, 0.29) is 0 Å². The normalized spacial score (nSPS) is 9.73. The van der Waals surface area contributed by atoms with Crippen LogP contribution in [0.1, 0.15) is 0 Å². The average molecular weight is 145 g/mol. The summed E-state index contributed by atoms with van der Waals surface area (Å²) in [6.07, 6.45) is 6.45. The van der Waals surface area contributed by atoms with Gasteiger partial charge in [0, 0.05) is 0 Å². The Labute approximate surface area is 62.3 Å². The standard InChI is InChI=1S/C6H3N5/c7-3-11-2-6-5(8-4-11)1-9-10-6/h1-2,4H. The lowest BCUT2D eigenvalue weighted by Crippen LogP contribution is -1.93. The average Bonchev–Trinajstić information content (AvgIpc) is 2.50. The van der Waals surface area contributed by atoms with Gasteiger partial charge < -0.3 is 0 Å². The third kappa shape index (κ3) is 0.809. The van der Waals surface area contributed by atoms with Crippen molar-refractivity contribution in [1.29, 1.82) is 5.26 Å². The minimum absolute atomic E-state index is 0.633. The van der Waals surface area contributed by atoms with E-state index in [0.29, 0.717) is 11.4 Å². The molecule has 0 N–H and O–H groups in total. The molecule has 0 radical (unpaired) electrons. The minimum atomic E-state index is 0.633. The summed E-state index contributed by atoms with van der Waals surface area (Å²) in [4.78, 5) is 3.93. The molecular formula is C6H3N5. The Hall–Kier alpha value is -1.96. The van der Waals surface area contributed by atoms with Gasteiger partial charge in [0.25, 0.3) is 0 Å². The molecule has 0 aromatic heterocycles. The van der Waals surface area contributed by atoms with Gasteiger partial charge >= 0.3 is 0 Å². The molecule has 0 amide bonds. The van der Waals surface area contributed by atoms with Gasteiger partial charge in [-0.15, -0.1) is 5.10 Å². The first-order chi connectivity index (χ1) is 5.40. The lowest BCUT2D eigenvalue weighted by molar-refractivity contribution is 0.987. The Kier molecular flexibility index (Phi) is 1.07. The molecule has 0 atom stereocenters. The number of nitrogens with zero attached hydrogens (tertiary/aromatic N) is 5. The van der Waals surface area contributed by atoms with E-state index in [1.165, 1.54) is 10.9 Å². The second-order valence-electron chi connectivity index (χ2n) is 2.00. The fraction of sp³-hybridized carbons (Fsp3) is 0. The van der Waals surface area contributed by atoms with Gasteiger partial charge in [-0.05, 0) is 0 Å². The van der Waals surface area contributed by atoms with E-state index in [1.807, 2.05) is 6.19 Å². The highest BCUT2D eigenvalue weighted by atomic mass is 15.1. The predicted molar refractivity (Wildman–Crippen MR) is 35.5 cm³/mol. The Morgan fingerprint density at radius 3 is 3.18 bits per heavy atom. The van der Waals surface area contributed by atoms with E-state index in [0.717, 1.165) is 0 Å². The fourth-order valence-corrected chi connectivity index (χ4v) is 0.799. The molecule has 5 heteroatoms. The molecule has 0 saturated carbocycles. The Morgan fingerprint density at radius 2 is 2.36 bits per heavy atom. The largest absolute Gasteiger partial charge is 0.242 e. The zero-order chi connectivity index (χ0) is 7.68. The number of fused-ring (bicyclic) bond motifs is 1. The van der Waals surface area contributed by atoms with Crippen LogP contribution >= 0.6 is 0 Å². The van der Waals surface area contributed by atoms with E-state index in [9.17, 15) is 0 Å². The van der Waals surface area contributed by atoms with Crippen LogP contribution in [0.2, 0.25) is 0 Å². The molecule has 0 aliphatic carbocycles. The maximum absolute atomic E-state index is 8.46. The SMILES string of the molecule is N#Cn1cnc2cnnc-2c1. The summed E-state index contributed by atoms with van der Waals surface area (Å²) in [6, 6.07) is 0. The van der Waals surface area contributed by atoms with Crippen molar-refractivity contribution in [2.75, 3.05) is 0 Å². The highest BCUT2D eigenvalue weighted by molar-refractivity contribution is 5.51. The second kappa shape index (κ2) is 2.02. The Balaban J connectivity index is 2.71. The van der Waals surface area contributed by atoms with Gasteiger partial charge in [0.05, 0.1) is 12.4 Å². The molecule has 5 nitrogen and oxygen atoms in total. The van der Waals surface area contributed by atoms with Crippen LogP contribution in [0.5, 0.6) is 0 Å². The minimum Gasteiger partial charge on any atom is -0.242 e. The quantitative estimate of drug-likeness (QED) is 0.527. The summed E-state index contributed by atoms with van der Waals surface area (Å²) in [5, 5.41) is 15.8.